The molecule has 1 fully saturated rings. The van der Waals surface area contributed by atoms with Crippen molar-refractivity contribution in [1.29, 1.82) is 0 Å². The first-order valence-corrected chi connectivity index (χ1v) is 5.55. The van der Waals surface area contributed by atoms with Gasteiger partial charge in [-0.25, -0.2) is 4.39 Å². The van der Waals surface area contributed by atoms with Crippen LogP contribution in [0.5, 0.6) is 0 Å². The van der Waals surface area contributed by atoms with Crippen LogP contribution in [-0.4, -0.2) is 19.1 Å². The van der Waals surface area contributed by atoms with Crippen LogP contribution in [0.25, 0.3) is 0 Å². The summed E-state index contributed by atoms with van der Waals surface area (Å²) in [5, 5.41) is 7.00. The predicted molar refractivity (Wildman–Crippen MR) is 60.9 cm³/mol. The molecule has 1 heterocycles. The smallest absolute Gasteiger partial charge is 0.126 e. The number of piperidine rings is 1. The van der Waals surface area contributed by atoms with Crippen LogP contribution in [0.2, 0.25) is 5.02 Å². The van der Waals surface area contributed by atoms with E-state index in [-0.39, 0.29) is 5.82 Å². The van der Waals surface area contributed by atoms with Crippen LogP contribution in [0.1, 0.15) is 12.8 Å². The highest BCUT2D eigenvalue weighted by molar-refractivity contribution is 6.30. The largest absolute Gasteiger partial charge is 0.381 e. The van der Waals surface area contributed by atoms with Crippen LogP contribution in [0.15, 0.2) is 18.2 Å². The van der Waals surface area contributed by atoms with Crippen molar-refractivity contribution in [2.75, 3.05) is 18.4 Å². The van der Waals surface area contributed by atoms with E-state index in [0.29, 0.717) is 11.1 Å². The highest BCUT2D eigenvalue weighted by Gasteiger charge is 2.12. The molecule has 1 aliphatic heterocycles. The minimum atomic E-state index is -0.297. The molecule has 1 aromatic rings. The molecule has 0 radical (unpaired) electrons. The van der Waals surface area contributed by atoms with E-state index in [2.05, 4.69) is 10.6 Å². The first kappa shape index (κ1) is 10.7. The summed E-state index contributed by atoms with van der Waals surface area (Å²) >= 11 is 5.77. The lowest BCUT2D eigenvalue weighted by atomic mass is 10.1. The van der Waals surface area contributed by atoms with Crippen molar-refractivity contribution < 1.29 is 4.39 Å². The van der Waals surface area contributed by atoms with E-state index in [1.807, 2.05) is 0 Å². The van der Waals surface area contributed by atoms with Gasteiger partial charge in [0.15, 0.2) is 0 Å². The predicted octanol–water partition coefficient (Wildman–Crippen LogP) is 2.64. The Labute approximate surface area is 93.8 Å². The maximum atomic E-state index is 13.0. The van der Waals surface area contributed by atoms with Crippen molar-refractivity contribution in [3.05, 3.63) is 29.0 Å². The Morgan fingerprint density at radius 2 is 2.27 bits per heavy atom. The third-order valence-electron chi connectivity index (χ3n) is 2.53. The average molecular weight is 229 g/mol. The summed E-state index contributed by atoms with van der Waals surface area (Å²) in [6.45, 7) is 2.00. The lowest BCUT2D eigenvalue weighted by molar-refractivity contribution is 0.479. The number of hydrogen-bond acceptors (Lipinski definition) is 2. The molecule has 1 aromatic carbocycles. The van der Waals surface area contributed by atoms with E-state index in [9.17, 15) is 4.39 Å². The second-order valence-electron chi connectivity index (χ2n) is 3.85. The molecule has 0 bridgehead atoms. The van der Waals surface area contributed by atoms with Gasteiger partial charge in [-0.15, -0.1) is 0 Å². The minimum absolute atomic E-state index is 0.297. The highest BCUT2D eigenvalue weighted by atomic mass is 35.5. The average Bonchev–Trinajstić information content (AvgIpc) is 2.17. The molecule has 2 nitrogen and oxygen atoms in total. The molecule has 0 amide bonds. The van der Waals surface area contributed by atoms with Crippen molar-refractivity contribution in [2.24, 2.45) is 0 Å². The number of nitrogens with one attached hydrogen (secondary N) is 2. The molecule has 0 aliphatic carbocycles. The van der Waals surface area contributed by atoms with Crippen LogP contribution in [0.4, 0.5) is 10.1 Å². The Bertz CT molecular complexity index is 317. The third-order valence-corrected chi connectivity index (χ3v) is 2.75. The fourth-order valence-electron chi connectivity index (χ4n) is 1.85. The zero-order chi connectivity index (χ0) is 10.7. The monoisotopic (exact) mass is 228 g/mol. The molecule has 1 atom stereocenters. The Kier molecular flexibility index (Phi) is 3.44. The Balaban J connectivity index is 2.02. The molecular formula is C11H14ClFN2. The standard InChI is InChI=1S/C11H14ClFN2/c12-8-4-9(13)6-11(5-8)15-10-2-1-3-14-7-10/h4-6,10,14-15H,1-3,7H2/t10-/m1/s1. The summed E-state index contributed by atoms with van der Waals surface area (Å²) in [6.07, 6.45) is 2.27. The molecular weight excluding hydrogens is 215 g/mol. The minimum Gasteiger partial charge on any atom is -0.381 e. The SMILES string of the molecule is Fc1cc(Cl)cc(N[C@@H]2CCCNC2)c1. The van der Waals surface area contributed by atoms with Gasteiger partial charge in [-0.2, -0.15) is 0 Å². The summed E-state index contributed by atoms with van der Waals surface area (Å²) < 4.78 is 13.0. The van der Waals surface area contributed by atoms with Gasteiger partial charge in [0, 0.05) is 23.3 Å². The number of benzene rings is 1. The first-order chi connectivity index (χ1) is 7.24. The van der Waals surface area contributed by atoms with E-state index in [4.69, 9.17) is 11.6 Å². The molecule has 0 spiro atoms. The molecule has 82 valence electrons. The Hall–Kier alpha value is -0.800. The van der Waals surface area contributed by atoms with Gasteiger partial charge >= 0.3 is 0 Å². The second-order valence-corrected chi connectivity index (χ2v) is 4.28. The van der Waals surface area contributed by atoms with Gasteiger partial charge in [-0.3, -0.25) is 0 Å². The lowest BCUT2D eigenvalue weighted by Gasteiger charge is -2.24. The van der Waals surface area contributed by atoms with E-state index in [0.717, 1.165) is 31.6 Å². The van der Waals surface area contributed by atoms with Gasteiger partial charge in [0.2, 0.25) is 0 Å². The zero-order valence-corrected chi connectivity index (χ0v) is 9.15. The van der Waals surface area contributed by atoms with Crippen molar-refractivity contribution in [3.63, 3.8) is 0 Å². The summed E-state index contributed by atoms with van der Waals surface area (Å²) in [5.74, 6) is -0.297. The molecule has 1 aliphatic rings. The molecule has 0 unspecified atom stereocenters. The summed E-state index contributed by atoms with van der Waals surface area (Å²) in [6, 6.07) is 4.91. The number of halogens is 2. The van der Waals surface area contributed by atoms with Crippen molar-refractivity contribution in [1.82, 2.24) is 5.32 Å². The Morgan fingerprint density at radius 1 is 1.40 bits per heavy atom. The lowest BCUT2D eigenvalue weighted by Crippen LogP contribution is -2.38. The quantitative estimate of drug-likeness (QED) is 0.813. The molecule has 1 saturated heterocycles. The van der Waals surface area contributed by atoms with Crippen molar-refractivity contribution in [2.45, 2.75) is 18.9 Å². The van der Waals surface area contributed by atoms with Crippen molar-refractivity contribution >= 4 is 17.3 Å². The van der Waals surface area contributed by atoms with Crippen molar-refractivity contribution in [3.8, 4) is 0 Å². The molecule has 2 N–H and O–H groups in total. The maximum absolute atomic E-state index is 13.0. The van der Waals surface area contributed by atoms with Crippen LogP contribution < -0.4 is 10.6 Å². The maximum Gasteiger partial charge on any atom is 0.126 e. The third kappa shape index (κ3) is 3.08. The van der Waals surface area contributed by atoms with Gasteiger partial charge in [0.1, 0.15) is 5.82 Å². The fourth-order valence-corrected chi connectivity index (χ4v) is 2.07. The molecule has 0 aromatic heterocycles. The topological polar surface area (TPSA) is 24.1 Å². The van der Waals surface area contributed by atoms with Gasteiger partial charge in [-0.1, -0.05) is 11.6 Å². The Morgan fingerprint density at radius 3 is 2.93 bits per heavy atom. The number of rotatable bonds is 2. The van der Waals surface area contributed by atoms with E-state index >= 15 is 0 Å². The van der Waals surface area contributed by atoms with Gasteiger partial charge in [0.25, 0.3) is 0 Å². The van der Waals surface area contributed by atoms with Crippen LogP contribution in [-0.2, 0) is 0 Å². The van der Waals surface area contributed by atoms with E-state index in [1.54, 1.807) is 6.07 Å². The number of hydrogen-bond donors (Lipinski definition) is 2. The molecule has 0 saturated carbocycles. The second kappa shape index (κ2) is 4.81. The van der Waals surface area contributed by atoms with Crippen LogP contribution in [0, 0.1) is 5.82 Å². The van der Waals surface area contributed by atoms with Gasteiger partial charge in [-0.05, 0) is 37.6 Å². The number of anilines is 1. The summed E-state index contributed by atoms with van der Waals surface area (Å²) in [7, 11) is 0. The van der Waals surface area contributed by atoms with Crippen LogP contribution in [0.3, 0.4) is 0 Å². The fraction of sp³-hybridized carbons (Fsp3) is 0.455. The van der Waals surface area contributed by atoms with Gasteiger partial charge < -0.3 is 10.6 Å². The van der Waals surface area contributed by atoms with E-state index in [1.165, 1.54) is 12.1 Å². The van der Waals surface area contributed by atoms with E-state index < -0.39 is 0 Å². The first-order valence-electron chi connectivity index (χ1n) is 5.17. The molecule has 2 rings (SSSR count). The van der Waals surface area contributed by atoms with Crippen LogP contribution >= 0.6 is 11.6 Å². The zero-order valence-electron chi connectivity index (χ0n) is 8.39. The highest BCUT2D eigenvalue weighted by Crippen LogP contribution is 2.19. The molecule has 15 heavy (non-hydrogen) atoms. The summed E-state index contributed by atoms with van der Waals surface area (Å²) in [5.41, 5.74) is 0.758. The van der Waals surface area contributed by atoms with Gasteiger partial charge in [0.05, 0.1) is 0 Å². The molecule has 4 heteroatoms. The normalized spacial score (nSPS) is 21.3. The summed E-state index contributed by atoms with van der Waals surface area (Å²) in [4.78, 5) is 0.